The maximum atomic E-state index is 12.8. The van der Waals surface area contributed by atoms with E-state index in [1.807, 2.05) is 19.9 Å². The number of amides is 1. The first kappa shape index (κ1) is 21.4. The molecule has 1 amide bonds. The third-order valence-electron chi connectivity index (χ3n) is 5.13. The molecule has 0 spiro atoms. The van der Waals surface area contributed by atoms with E-state index < -0.39 is 5.97 Å². The smallest absolute Gasteiger partial charge is 0.337 e. The Labute approximate surface area is 175 Å². The first-order valence-corrected chi connectivity index (χ1v) is 9.69. The number of ether oxygens (including phenoxy) is 2. The molecule has 2 N–H and O–H groups in total. The number of carboxylic acids is 1. The molecule has 0 radical (unpaired) electrons. The van der Waals surface area contributed by atoms with Gasteiger partial charge >= 0.3 is 5.97 Å². The molecular weight excluding hydrogens is 388 g/mol. The van der Waals surface area contributed by atoms with Crippen molar-refractivity contribution in [3.05, 3.63) is 35.2 Å². The summed E-state index contributed by atoms with van der Waals surface area (Å²) in [5.74, 6) is -0.297. The molecule has 1 aliphatic rings. The number of aryl methyl sites for hydroxylation is 2. The minimum atomic E-state index is -1.16. The Balaban J connectivity index is 1.71. The fourth-order valence-electron chi connectivity index (χ4n) is 3.58. The molecule has 3 rings (SSSR count). The van der Waals surface area contributed by atoms with Crippen molar-refractivity contribution in [2.75, 3.05) is 37.5 Å². The minimum absolute atomic E-state index is 0.0536. The number of carbonyl (C=O) groups excluding carboxylic acids is 1. The van der Waals surface area contributed by atoms with Gasteiger partial charge in [0.25, 0.3) is 0 Å². The van der Waals surface area contributed by atoms with Crippen molar-refractivity contribution in [1.82, 2.24) is 9.97 Å². The Morgan fingerprint density at radius 2 is 1.60 bits per heavy atom. The Bertz CT molecular complexity index is 934. The predicted molar refractivity (Wildman–Crippen MR) is 112 cm³/mol. The highest BCUT2D eigenvalue weighted by molar-refractivity contribution is 6.02. The summed E-state index contributed by atoms with van der Waals surface area (Å²) in [7, 11) is 2.88. The number of hydrogen-bond acceptors (Lipinski definition) is 7. The van der Waals surface area contributed by atoms with Crippen LogP contribution in [0.4, 0.5) is 11.6 Å². The third-order valence-corrected chi connectivity index (χ3v) is 5.13. The van der Waals surface area contributed by atoms with Crippen LogP contribution in [0.5, 0.6) is 11.5 Å². The summed E-state index contributed by atoms with van der Waals surface area (Å²) >= 11 is 0. The van der Waals surface area contributed by atoms with E-state index in [-0.39, 0.29) is 28.8 Å². The predicted octanol–water partition coefficient (Wildman–Crippen LogP) is 2.66. The maximum Gasteiger partial charge on any atom is 0.337 e. The lowest BCUT2D eigenvalue weighted by atomic mass is 9.95. The van der Waals surface area contributed by atoms with Gasteiger partial charge in [0.15, 0.2) is 11.5 Å². The zero-order valence-electron chi connectivity index (χ0n) is 17.6. The highest BCUT2D eigenvalue weighted by atomic mass is 16.5. The molecule has 160 valence electrons. The lowest BCUT2D eigenvalue weighted by molar-refractivity contribution is -0.120. The standard InChI is InChI=1S/C21H26N4O5/c1-12-9-13(2)23-21(22-12)25-7-5-14(6-8-25)19(26)24-16-11-18(30-4)17(29-3)10-15(16)20(27)28/h9-11,14H,5-8H2,1-4H3,(H,24,26)(H,27,28). The van der Waals surface area contributed by atoms with Crippen LogP contribution in [-0.4, -0.2) is 54.3 Å². The molecule has 30 heavy (non-hydrogen) atoms. The number of anilines is 2. The van der Waals surface area contributed by atoms with Crippen molar-refractivity contribution >= 4 is 23.5 Å². The van der Waals surface area contributed by atoms with Crippen molar-refractivity contribution in [2.24, 2.45) is 5.92 Å². The summed E-state index contributed by atoms with van der Waals surface area (Å²) in [5, 5.41) is 12.3. The summed E-state index contributed by atoms with van der Waals surface area (Å²) < 4.78 is 10.4. The molecule has 1 aromatic carbocycles. The largest absolute Gasteiger partial charge is 0.493 e. The molecule has 1 aromatic heterocycles. The molecule has 0 bridgehead atoms. The van der Waals surface area contributed by atoms with Crippen LogP contribution in [0.2, 0.25) is 0 Å². The lowest BCUT2D eigenvalue weighted by Crippen LogP contribution is -2.39. The van der Waals surface area contributed by atoms with Gasteiger partial charge < -0.3 is 24.8 Å². The van der Waals surface area contributed by atoms with Crippen LogP contribution in [0.25, 0.3) is 0 Å². The number of carbonyl (C=O) groups is 2. The van der Waals surface area contributed by atoms with Gasteiger partial charge in [-0.2, -0.15) is 0 Å². The summed E-state index contributed by atoms with van der Waals surface area (Å²) in [5.41, 5.74) is 1.95. The molecular formula is C21H26N4O5. The molecule has 0 aliphatic carbocycles. The molecule has 0 unspecified atom stereocenters. The number of benzene rings is 1. The molecule has 2 heterocycles. The van der Waals surface area contributed by atoms with Gasteiger partial charge in [-0.3, -0.25) is 4.79 Å². The van der Waals surface area contributed by atoms with E-state index in [1.54, 1.807) is 0 Å². The monoisotopic (exact) mass is 414 g/mol. The van der Waals surface area contributed by atoms with E-state index in [2.05, 4.69) is 20.2 Å². The van der Waals surface area contributed by atoms with Gasteiger partial charge in [0.05, 0.1) is 25.5 Å². The molecule has 0 saturated carbocycles. The average molecular weight is 414 g/mol. The second-order valence-electron chi connectivity index (χ2n) is 7.26. The van der Waals surface area contributed by atoms with Crippen molar-refractivity contribution in [2.45, 2.75) is 26.7 Å². The number of hydrogen-bond donors (Lipinski definition) is 2. The molecule has 1 fully saturated rings. The number of aromatic carboxylic acids is 1. The van der Waals surface area contributed by atoms with Crippen molar-refractivity contribution in [1.29, 1.82) is 0 Å². The van der Waals surface area contributed by atoms with Crippen LogP contribution >= 0.6 is 0 Å². The van der Waals surface area contributed by atoms with Gasteiger partial charge in [-0.15, -0.1) is 0 Å². The van der Waals surface area contributed by atoms with Crippen molar-refractivity contribution in [3.8, 4) is 11.5 Å². The van der Waals surface area contributed by atoms with Crippen LogP contribution in [0.15, 0.2) is 18.2 Å². The highest BCUT2D eigenvalue weighted by Crippen LogP contribution is 2.34. The molecule has 1 saturated heterocycles. The zero-order valence-corrected chi connectivity index (χ0v) is 17.6. The number of aromatic nitrogens is 2. The summed E-state index contributed by atoms with van der Waals surface area (Å²) in [6.07, 6.45) is 1.25. The van der Waals surface area contributed by atoms with Gasteiger partial charge in [-0.25, -0.2) is 14.8 Å². The average Bonchev–Trinajstić information content (AvgIpc) is 2.72. The third kappa shape index (κ3) is 4.61. The van der Waals surface area contributed by atoms with Crippen LogP contribution in [-0.2, 0) is 4.79 Å². The normalized spacial score (nSPS) is 14.3. The second kappa shape index (κ2) is 8.98. The van der Waals surface area contributed by atoms with Gasteiger partial charge in [-0.1, -0.05) is 0 Å². The van der Waals surface area contributed by atoms with Crippen molar-refractivity contribution in [3.63, 3.8) is 0 Å². The van der Waals surface area contributed by atoms with Crippen LogP contribution in [0.1, 0.15) is 34.6 Å². The Kier molecular flexibility index (Phi) is 6.39. The van der Waals surface area contributed by atoms with Crippen LogP contribution in [0, 0.1) is 19.8 Å². The number of rotatable bonds is 6. The number of nitrogens with one attached hydrogen (secondary N) is 1. The van der Waals surface area contributed by atoms with Crippen molar-refractivity contribution < 1.29 is 24.2 Å². The Hall–Kier alpha value is -3.36. The van der Waals surface area contributed by atoms with Gasteiger partial charge in [0.1, 0.15) is 0 Å². The van der Waals surface area contributed by atoms with E-state index in [4.69, 9.17) is 9.47 Å². The number of piperidine rings is 1. The molecule has 9 nitrogen and oxygen atoms in total. The number of carboxylic acid groups (broad SMARTS) is 1. The zero-order chi connectivity index (χ0) is 21.8. The molecule has 1 aliphatic heterocycles. The number of methoxy groups -OCH3 is 2. The van der Waals surface area contributed by atoms with Gasteiger partial charge in [-0.05, 0) is 32.8 Å². The summed E-state index contributed by atoms with van der Waals surface area (Å²) in [6, 6.07) is 4.74. The SMILES string of the molecule is COc1cc(NC(=O)C2CCN(c3nc(C)cc(C)n3)CC2)c(C(=O)O)cc1OC. The van der Waals surface area contributed by atoms with Gasteiger partial charge in [0, 0.05) is 42.5 Å². The summed E-state index contributed by atoms with van der Waals surface area (Å²) in [6.45, 7) is 5.17. The first-order chi connectivity index (χ1) is 14.3. The minimum Gasteiger partial charge on any atom is -0.493 e. The lowest BCUT2D eigenvalue weighted by Gasteiger charge is -2.31. The molecule has 9 heteroatoms. The Morgan fingerprint density at radius 3 is 2.13 bits per heavy atom. The van der Waals surface area contributed by atoms with Gasteiger partial charge in [0.2, 0.25) is 11.9 Å². The van der Waals surface area contributed by atoms with E-state index in [9.17, 15) is 14.7 Å². The topological polar surface area (TPSA) is 114 Å². The quantitative estimate of drug-likeness (QED) is 0.742. The maximum absolute atomic E-state index is 12.8. The molecule has 2 aromatic rings. The van der Waals surface area contributed by atoms with Crippen LogP contribution in [0.3, 0.4) is 0 Å². The number of nitrogens with zero attached hydrogens (tertiary/aromatic N) is 3. The Morgan fingerprint density at radius 1 is 1.03 bits per heavy atom. The molecule has 0 atom stereocenters. The summed E-state index contributed by atoms with van der Waals surface area (Å²) in [4.78, 5) is 35.5. The van der Waals surface area contributed by atoms with E-state index in [0.717, 1.165) is 11.4 Å². The van der Waals surface area contributed by atoms with E-state index >= 15 is 0 Å². The fourth-order valence-corrected chi connectivity index (χ4v) is 3.58. The van der Waals surface area contributed by atoms with Crippen LogP contribution < -0.4 is 19.7 Å². The second-order valence-corrected chi connectivity index (χ2v) is 7.26. The first-order valence-electron chi connectivity index (χ1n) is 9.69. The van der Waals surface area contributed by atoms with E-state index in [1.165, 1.54) is 26.4 Å². The highest BCUT2D eigenvalue weighted by Gasteiger charge is 2.28. The van der Waals surface area contributed by atoms with E-state index in [0.29, 0.717) is 37.6 Å². The fraction of sp³-hybridized carbons (Fsp3) is 0.429.